The normalized spacial score (nSPS) is 10.6. The Morgan fingerprint density at radius 1 is 1.04 bits per heavy atom. The van der Waals surface area contributed by atoms with Crippen molar-refractivity contribution in [1.29, 1.82) is 0 Å². The lowest BCUT2D eigenvalue weighted by molar-refractivity contribution is 0.0950. The van der Waals surface area contributed by atoms with Crippen molar-refractivity contribution in [3.05, 3.63) is 59.2 Å². The number of nitrogens with one attached hydrogen (secondary N) is 1. The minimum atomic E-state index is -0.140. The molecular formula is C20H26N2O3. The van der Waals surface area contributed by atoms with Gasteiger partial charge in [0.15, 0.2) is 11.5 Å². The summed E-state index contributed by atoms with van der Waals surface area (Å²) < 4.78 is 10.8. The van der Waals surface area contributed by atoms with Crippen LogP contribution >= 0.6 is 0 Å². The summed E-state index contributed by atoms with van der Waals surface area (Å²) in [5.41, 5.74) is 2.86. The van der Waals surface area contributed by atoms with Crippen molar-refractivity contribution < 1.29 is 14.3 Å². The average Bonchev–Trinajstić information content (AvgIpc) is 2.61. The molecule has 0 aromatic heterocycles. The number of hydrogen-bond acceptors (Lipinski definition) is 4. The zero-order valence-corrected chi connectivity index (χ0v) is 15.3. The van der Waals surface area contributed by atoms with Crippen molar-refractivity contribution in [2.45, 2.75) is 20.0 Å². The van der Waals surface area contributed by atoms with Crippen molar-refractivity contribution in [2.75, 3.05) is 27.8 Å². The number of nitrogens with zero attached hydrogens (tertiary/aromatic N) is 1. The molecule has 25 heavy (non-hydrogen) atoms. The smallest absolute Gasteiger partial charge is 0.251 e. The van der Waals surface area contributed by atoms with Crippen molar-refractivity contribution in [3.63, 3.8) is 0 Å². The Kier molecular flexibility index (Phi) is 6.83. The fraction of sp³-hybridized carbons (Fsp3) is 0.350. The minimum Gasteiger partial charge on any atom is -0.493 e. The largest absolute Gasteiger partial charge is 0.493 e. The van der Waals surface area contributed by atoms with Gasteiger partial charge in [0, 0.05) is 18.7 Å². The van der Waals surface area contributed by atoms with Crippen LogP contribution in [0.15, 0.2) is 42.5 Å². The van der Waals surface area contributed by atoms with Gasteiger partial charge in [0.05, 0.1) is 13.7 Å². The number of hydrogen-bond donors (Lipinski definition) is 1. The molecule has 2 aromatic rings. The highest BCUT2D eigenvalue weighted by Gasteiger charge is 2.11. The molecule has 0 atom stereocenters. The first kappa shape index (κ1) is 18.8. The molecule has 0 aliphatic rings. The van der Waals surface area contributed by atoms with Gasteiger partial charge in [0.1, 0.15) is 0 Å². The Balaban J connectivity index is 1.97. The van der Waals surface area contributed by atoms with Gasteiger partial charge in [-0.25, -0.2) is 0 Å². The lowest BCUT2D eigenvalue weighted by Crippen LogP contribution is -2.22. The Hall–Kier alpha value is -2.53. The number of rotatable bonds is 8. The van der Waals surface area contributed by atoms with Gasteiger partial charge in [0.2, 0.25) is 0 Å². The van der Waals surface area contributed by atoms with E-state index in [-0.39, 0.29) is 5.91 Å². The van der Waals surface area contributed by atoms with Crippen molar-refractivity contribution >= 4 is 5.91 Å². The third-order valence-electron chi connectivity index (χ3n) is 3.70. The summed E-state index contributed by atoms with van der Waals surface area (Å²) in [5, 5.41) is 2.93. The van der Waals surface area contributed by atoms with Crippen LogP contribution < -0.4 is 14.8 Å². The number of carbonyl (C=O) groups is 1. The summed E-state index contributed by atoms with van der Waals surface area (Å²) in [6, 6.07) is 13.4. The zero-order valence-electron chi connectivity index (χ0n) is 15.3. The lowest BCUT2D eigenvalue weighted by Gasteiger charge is -2.12. The van der Waals surface area contributed by atoms with E-state index >= 15 is 0 Å². The fourth-order valence-electron chi connectivity index (χ4n) is 2.50. The van der Waals surface area contributed by atoms with E-state index in [2.05, 4.69) is 22.3 Å². The first-order valence-corrected chi connectivity index (χ1v) is 8.35. The molecule has 1 amide bonds. The SMILES string of the molecule is CCOc1ccc(C(=O)NCc2ccc(CN(C)C)cc2)cc1OC. The molecule has 0 aliphatic heterocycles. The van der Waals surface area contributed by atoms with Crippen LogP contribution in [-0.2, 0) is 13.1 Å². The van der Waals surface area contributed by atoms with Gasteiger partial charge in [-0.1, -0.05) is 24.3 Å². The van der Waals surface area contributed by atoms with Crippen molar-refractivity contribution in [2.24, 2.45) is 0 Å². The second-order valence-corrected chi connectivity index (χ2v) is 6.04. The second-order valence-electron chi connectivity index (χ2n) is 6.04. The average molecular weight is 342 g/mol. The van der Waals surface area contributed by atoms with E-state index in [0.29, 0.717) is 30.2 Å². The van der Waals surface area contributed by atoms with E-state index in [9.17, 15) is 4.79 Å². The predicted octanol–water partition coefficient (Wildman–Crippen LogP) is 3.09. The van der Waals surface area contributed by atoms with Crippen LogP contribution in [0.25, 0.3) is 0 Å². The summed E-state index contributed by atoms with van der Waals surface area (Å²) in [7, 11) is 5.65. The minimum absolute atomic E-state index is 0.140. The molecule has 0 unspecified atom stereocenters. The van der Waals surface area contributed by atoms with Crippen molar-refractivity contribution in [1.82, 2.24) is 10.2 Å². The maximum absolute atomic E-state index is 12.4. The Morgan fingerprint density at radius 3 is 2.32 bits per heavy atom. The fourth-order valence-corrected chi connectivity index (χ4v) is 2.50. The third kappa shape index (κ3) is 5.50. The number of methoxy groups -OCH3 is 1. The molecule has 0 heterocycles. The van der Waals surface area contributed by atoms with Crippen LogP contribution in [-0.4, -0.2) is 38.6 Å². The van der Waals surface area contributed by atoms with Crippen LogP contribution in [0.3, 0.4) is 0 Å². The Morgan fingerprint density at radius 2 is 1.72 bits per heavy atom. The van der Waals surface area contributed by atoms with Crippen molar-refractivity contribution in [3.8, 4) is 11.5 Å². The molecule has 5 heteroatoms. The first-order chi connectivity index (χ1) is 12.0. The molecule has 0 spiro atoms. The third-order valence-corrected chi connectivity index (χ3v) is 3.70. The van der Waals surface area contributed by atoms with E-state index in [4.69, 9.17) is 9.47 Å². The van der Waals surface area contributed by atoms with Gasteiger partial charge in [-0.3, -0.25) is 4.79 Å². The van der Waals surface area contributed by atoms with Crippen LogP contribution in [0.4, 0.5) is 0 Å². The van der Waals surface area contributed by atoms with E-state index < -0.39 is 0 Å². The summed E-state index contributed by atoms with van der Waals surface area (Å²) >= 11 is 0. The summed E-state index contributed by atoms with van der Waals surface area (Å²) in [5.74, 6) is 1.05. The molecule has 0 bridgehead atoms. The number of ether oxygens (including phenoxy) is 2. The van der Waals surface area contributed by atoms with E-state index in [1.807, 2.05) is 33.2 Å². The van der Waals surface area contributed by atoms with E-state index in [1.54, 1.807) is 25.3 Å². The second kappa shape index (κ2) is 9.08. The maximum atomic E-state index is 12.4. The van der Waals surface area contributed by atoms with Gasteiger partial charge < -0.3 is 19.7 Å². The lowest BCUT2D eigenvalue weighted by atomic mass is 10.1. The first-order valence-electron chi connectivity index (χ1n) is 8.35. The molecular weight excluding hydrogens is 316 g/mol. The maximum Gasteiger partial charge on any atom is 0.251 e. The molecule has 5 nitrogen and oxygen atoms in total. The Bertz CT molecular complexity index is 697. The summed E-state index contributed by atoms with van der Waals surface area (Å²) in [6.45, 7) is 3.84. The van der Waals surface area contributed by atoms with Crippen LogP contribution in [0.1, 0.15) is 28.4 Å². The van der Waals surface area contributed by atoms with Gasteiger partial charge in [-0.15, -0.1) is 0 Å². The van der Waals surface area contributed by atoms with Crippen LogP contribution in [0, 0.1) is 0 Å². The Labute approximate surface area is 149 Å². The summed E-state index contributed by atoms with van der Waals surface area (Å²) in [4.78, 5) is 14.5. The van der Waals surface area contributed by atoms with E-state index in [1.165, 1.54) is 5.56 Å². The molecule has 2 aromatic carbocycles. The van der Waals surface area contributed by atoms with Crippen LogP contribution in [0.5, 0.6) is 11.5 Å². The van der Waals surface area contributed by atoms with Gasteiger partial charge in [-0.2, -0.15) is 0 Å². The summed E-state index contributed by atoms with van der Waals surface area (Å²) in [6.07, 6.45) is 0. The molecule has 1 N–H and O–H groups in total. The van der Waals surface area contributed by atoms with Gasteiger partial charge in [0.25, 0.3) is 5.91 Å². The highest BCUT2D eigenvalue weighted by Crippen LogP contribution is 2.28. The number of amides is 1. The van der Waals surface area contributed by atoms with Crippen LogP contribution in [0.2, 0.25) is 0 Å². The van der Waals surface area contributed by atoms with E-state index in [0.717, 1.165) is 12.1 Å². The number of carbonyl (C=O) groups excluding carboxylic acids is 1. The standard InChI is InChI=1S/C20H26N2O3/c1-5-25-18-11-10-17(12-19(18)24-4)20(23)21-13-15-6-8-16(9-7-15)14-22(2)3/h6-12H,5,13-14H2,1-4H3,(H,21,23). The molecule has 0 saturated heterocycles. The highest BCUT2D eigenvalue weighted by molar-refractivity contribution is 5.94. The monoisotopic (exact) mass is 342 g/mol. The molecule has 2 rings (SSSR count). The molecule has 0 saturated carbocycles. The molecule has 134 valence electrons. The predicted molar refractivity (Wildman–Crippen MR) is 99.2 cm³/mol. The topological polar surface area (TPSA) is 50.8 Å². The van der Waals surface area contributed by atoms with Gasteiger partial charge in [-0.05, 0) is 50.3 Å². The zero-order chi connectivity index (χ0) is 18.2. The molecule has 0 fully saturated rings. The molecule has 0 aliphatic carbocycles. The highest BCUT2D eigenvalue weighted by atomic mass is 16.5. The van der Waals surface area contributed by atoms with Gasteiger partial charge >= 0.3 is 0 Å². The molecule has 0 radical (unpaired) electrons. The quantitative estimate of drug-likeness (QED) is 0.801. The number of benzene rings is 2.